The number of nitrogens with one attached hydrogen (secondary N) is 1. The van der Waals surface area contributed by atoms with Crippen molar-refractivity contribution in [3.05, 3.63) is 52.5 Å². The molecule has 0 atom stereocenters. The van der Waals surface area contributed by atoms with Crippen LogP contribution in [-0.2, 0) is 9.59 Å². The summed E-state index contributed by atoms with van der Waals surface area (Å²) in [7, 11) is 0. The molecule has 6 nitrogen and oxygen atoms in total. The number of carbonyl (C=O) groups is 2. The number of carbonyl (C=O) groups excluding carboxylic acids is 2. The minimum Gasteiger partial charge on any atom is -0.441 e. The van der Waals surface area contributed by atoms with Crippen LogP contribution in [0.2, 0.25) is 5.02 Å². The highest BCUT2D eigenvalue weighted by Gasteiger charge is 2.35. The fourth-order valence-corrected chi connectivity index (χ4v) is 3.24. The van der Waals surface area contributed by atoms with Crippen LogP contribution in [0, 0.1) is 5.82 Å². The van der Waals surface area contributed by atoms with Crippen molar-refractivity contribution >= 4 is 58.4 Å². The minimum absolute atomic E-state index is 0.113. The van der Waals surface area contributed by atoms with Crippen LogP contribution < -0.4 is 15.1 Å². The maximum Gasteiger partial charge on any atom is 0.270 e. The maximum absolute atomic E-state index is 13.4. The van der Waals surface area contributed by atoms with Gasteiger partial charge in [0.1, 0.15) is 17.2 Å². The lowest BCUT2D eigenvalue weighted by atomic mass is 10.1. The summed E-state index contributed by atoms with van der Waals surface area (Å²) in [5.41, 5.74) is 0.0880. The van der Waals surface area contributed by atoms with Gasteiger partial charge in [-0.3, -0.25) is 19.8 Å². The minimum atomic E-state index is -0.655. The van der Waals surface area contributed by atoms with Crippen LogP contribution >= 0.6 is 23.8 Å². The zero-order valence-corrected chi connectivity index (χ0v) is 16.7. The Morgan fingerprint density at radius 3 is 2.61 bits per heavy atom. The molecule has 0 spiro atoms. The van der Waals surface area contributed by atoms with Crippen LogP contribution in [0.25, 0.3) is 6.08 Å². The quantitative estimate of drug-likeness (QED) is 0.452. The van der Waals surface area contributed by atoms with Gasteiger partial charge in [-0.25, -0.2) is 4.39 Å². The lowest BCUT2D eigenvalue weighted by Gasteiger charge is -2.28. The van der Waals surface area contributed by atoms with Crippen molar-refractivity contribution in [3.63, 3.8) is 0 Å². The van der Waals surface area contributed by atoms with Gasteiger partial charge in [0.2, 0.25) is 0 Å². The molecule has 146 valence electrons. The molecule has 28 heavy (non-hydrogen) atoms. The second-order valence-corrected chi connectivity index (χ2v) is 6.70. The molecular weight excluding hydrogens is 405 g/mol. The summed E-state index contributed by atoms with van der Waals surface area (Å²) < 4.78 is 19.2. The summed E-state index contributed by atoms with van der Waals surface area (Å²) in [6, 6.07) is 7.18. The summed E-state index contributed by atoms with van der Waals surface area (Å²) in [5.74, 6) is -0.930. The Hall–Kier alpha value is -2.71. The number of hydrogen-bond donors (Lipinski definition) is 1. The van der Waals surface area contributed by atoms with Crippen LogP contribution in [0.5, 0.6) is 0 Å². The lowest BCUT2D eigenvalue weighted by molar-refractivity contribution is -0.122. The molecule has 1 aromatic heterocycles. The molecule has 0 unspecified atom stereocenters. The Morgan fingerprint density at radius 2 is 1.96 bits per heavy atom. The van der Waals surface area contributed by atoms with E-state index in [-0.39, 0.29) is 21.4 Å². The molecule has 2 aromatic rings. The van der Waals surface area contributed by atoms with E-state index >= 15 is 0 Å². The van der Waals surface area contributed by atoms with Crippen LogP contribution in [0.15, 0.2) is 40.3 Å². The van der Waals surface area contributed by atoms with E-state index in [9.17, 15) is 14.0 Å². The summed E-state index contributed by atoms with van der Waals surface area (Å²) in [6.07, 6.45) is 1.35. The van der Waals surface area contributed by atoms with Gasteiger partial charge in [0.15, 0.2) is 11.0 Å². The van der Waals surface area contributed by atoms with Crippen molar-refractivity contribution in [2.24, 2.45) is 0 Å². The van der Waals surface area contributed by atoms with E-state index in [2.05, 4.69) is 5.32 Å². The molecule has 0 bridgehead atoms. The summed E-state index contributed by atoms with van der Waals surface area (Å²) in [4.78, 5) is 28.3. The second-order valence-electron chi connectivity index (χ2n) is 5.90. The highest BCUT2D eigenvalue weighted by atomic mass is 35.5. The van der Waals surface area contributed by atoms with Crippen LogP contribution in [0.1, 0.15) is 19.6 Å². The van der Waals surface area contributed by atoms with Gasteiger partial charge < -0.3 is 9.32 Å². The normalized spacial score (nSPS) is 15.9. The van der Waals surface area contributed by atoms with Crippen molar-refractivity contribution in [3.8, 4) is 0 Å². The Morgan fingerprint density at radius 1 is 1.25 bits per heavy atom. The van der Waals surface area contributed by atoms with Gasteiger partial charge in [-0.15, -0.1) is 0 Å². The number of nitrogens with zero attached hydrogens (tertiary/aromatic N) is 2. The van der Waals surface area contributed by atoms with Gasteiger partial charge in [0, 0.05) is 19.2 Å². The molecule has 1 aliphatic heterocycles. The summed E-state index contributed by atoms with van der Waals surface area (Å²) >= 11 is 10.9. The maximum atomic E-state index is 13.4. The first kappa shape index (κ1) is 20.0. The molecule has 3 rings (SSSR count). The third kappa shape index (κ3) is 3.79. The highest BCUT2D eigenvalue weighted by Crippen LogP contribution is 2.27. The Labute approximate surface area is 171 Å². The average Bonchev–Trinajstić information content (AvgIpc) is 3.11. The second kappa shape index (κ2) is 8.12. The largest absolute Gasteiger partial charge is 0.441 e. The van der Waals surface area contributed by atoms with Gasteiger partial charge in [-0.05, 0) is 56.4 Å². The van der Waals surface area contributed by atoms with Crippen LogP contribution in [-0.4, -0.2) is 30.0 Å². The molecule has 9 heteroatoms. The molecule has 0 saturated carbocycles. The Bertz CT molecular complexity index is 985. The standard InChI is InChI=1S/C19H17ClFN3O3S/c1-3-23(4-2)16-8-6-12(27-16)10-13-17(25)22-19(28)24(18(13)26)11-5-7-15(21)14(20)9-11/h5-10H,3-4H2,1-2H3,(H,22,25,28)/b13-10+. The number of anilines is 2. The zero-order chi connectivity index (χ0) is 20.4. The van der Waals surface area contributed by atoms with Crippen LogP contribution in [0.3, 0.4) is 0 Å². The molecule has 1 saturated heterocycles. The summed E-state index contributed by atoms with van der Waals surface area (Å²) in [6.45, 7) is 5.50. The molecule has 2 amide bonds. The number of halogens is 2. The van der Waals surface area contributed by atoms with E-state index in [4.69, 9.17) is 28.2 Å². The number of thiocarbonyl (C=S) groups is 1. The van der Waals surface area contributed by atoms with Crippen molar-refractivity contribution in [1.29, 1.82) is 0 Å². The molecule has 0 radical (unpaired) electrons. The van der Waals surface area contributed by atoms with Crippen LogP contribution in [0.4, 0.5) is 16.0 Å². The van der Waals surface area contributed by atoms with E-state index in [0.29, 0.717) is 11.6 Å². The first-order chi connectivity index (χ1) is 13.3. The first-order valence-corrected chi connectivity index (χ1v) is 9.35. The predicted octanol–water partition coefficient (Wildman–Crippen LogP) is 3.75. The highest BCUT2D eigenvalue weighted by molar-refractivity contribution is 7.80. The van der Waals surface area contributed by atoms with E-state index in [1.54, 1.807) is 12.1 Å². The van der Waals surface area contributed by atoms with Crippen molar-refractivity contribution in [1.82, 2.24) is 5.32 Å². The molecule has 1 aliphatic rings. The molecule has 1 fully saturated rings. The third-order valence-electron chi connectivity index (χ3n) is 4.24. The van der Waals surface area contributed by atoms with E-state index in [1.165, 1.54) is 18.2 Å². The van der Waals surface area contributed by atoms with Gasteiger partial charge in [-0.1, -0.05) is 11.6 Å². The average molecular weight is 422 g/mol. The number of furan rings is 1. The van der Waals surface area contributed by atoms with Gasteiger partial charge in [0.05, 0.1) is 10.7 Å². The van der Waals surface area contributed by atoms with E-state index in [1.807, 2.05) is 18.7 Å². The van der Waals surface area contributed by atoms with Gasteiger partial charge >= 0.3 is 0 Å². The van der Waals surface area contributed by atoms with E-state index in [0.717, 1.165) is 24.1 Å². The molecular formula is C19H17ClFN3O3S. The fraction of sp³-hybridized carbons (Fsp3) is 0.211. The Balaban J connectivity index is 1.95. The fourth-order valence-electron chi connectivity index (χ4n) is 2.78. The van der Waals surface area contributed by atoms with Crippen molar-refractivity contribution < 1.29 is 18.4 Å². The lowest BCUT2D eigenvalue weighted by Crippen LogP contribution is -2.54. The Kier molecular flexibility index (Phi) is 5.81. The van der Waals surface area contributed by atoms with Gasteiger partial charge in [-0.2, -0.15) is 0 Å². The SMILES string of the molecule is CCN(CC)c1ccc(/C=C2\C(=O)NC(=S)N(c3ccc(F)c(Cl)c3)C2=O)o1. The monoisotopic (exact) mass is 421 g/mol. The van der Waals surface area contributed by atoms with Crippen molar-refractivity contribution in [2.75, 3.05) is 22.9 Å². The topological polar surface area (TPSA) is 65.8 Å². The van der Waals surface area contributed by atoms with E-state index < -0.39 is 17.6 Å². The third-order valence-corrected chi connectivity index (χ3v) is 4.81. The molecule has 1 N–H and O–H groups in total. The molecule has 0 aliphatic carbocycles. The first-order valence-electron chi connectivity index (χ1n) is 8.57. The zero-order valence-electron chi connectivity index (χ0n) is 15.2. The van der Waals surface area contributed by atoms with Crippen molar-refractivity contribution in [2.45, 2.75) is 13.8 Å². The summed E-state index contributed by atoms with van der Waals surface area (Å²) in [5, 5.41) is 2.18. The smallest absolute Gasteiger partial charge is 0.270 e. The predicted molar refractivity (Wildman–Crippen MR) is 110 cm³/mol. The number of benzene rings is 1. The molecule has 1 aromatic carbocycles. The molecule has 2 heterocycles. The van der Waals surface area contributed by atoms with Gasteiger partial charge in [0.25, 0.3) is 11.8 Å². The number of hydrogen-bond acceptors (Lipinski definition) is 5. The number of rotatable bonds is 5. The number of amides is 2.